The van der Waals surface area contributed by atoms with Gasteiger partial charge in [-0.1, -0.05) is 38.2 Å². The number of rotatable bonds is 0. The predicted molar refractivity (Wildman–Crippen MR) is 62.2 cm³/mol. The molecule has 72 valence electrons. The van der Waals surface area contributed by atoms with Gasteiger partial charge in [0.15, 0.2) is 0 Å². The zero-order valence-electron chi connectivity index (χ0n) is 9.06. The highest BCUT2D eigenvalue weighted by Gasteiger charge is 2.09. The molecule has 0 spiro atoms. The van der Waals surface area contributed by atoms with E-state index >= 15 is 0 Å². The largest absolute Gasteiger partial charge is 0.131 e. The van der Waals surface area contributed by atoms with E-state index in [0.717, 1.165) is 0 Å². The topological polar surface area (TPSA) is 0 Å². The van der Waals surface area contributed by atoms with E-state index < -0.39 is 8.07 Å². The molecule has 0 saturated carbocycles. The molecule has 0 amide bonds. The Morgan fingerprint density at radius 2 is 2.00 bits per heavy atom. The van der Waals surface area contributed by atoms with E-state index in [4.69, 9.17) is 0 Å². The lowest BCUT2D eigenvalue weighted by Crippen LogP contribution is -2.16. The van der Waals surface area contributed by atoms with Crippen molar-refractivity contribution in [3.05, 3.63) is 12.2 Å². The first-order valence-corrected chi connectivity index (χ1v) is 8.77. The molecule has 0 heterocycles. The van der Waals surface area contributed by atoms with Crippen molar-refractivity contribution in [2.24, 2.45) is 5.92 Å². The first-order chi connectivity index (χ1) is 6.08. The van der Waals surface area contributed by atoms with E-state index in [0.29, 0.717) is 5.92 Å². The van der Waals surface area contributed by atoms with Gasteiger partial charge < -0.3 is 0 Å². The Bertz CT molecular complexity index is 234. The highest BCUT2D eigenvalue weighted by atomic mass is 28.3. The molecule has 0 aromatic heterocycles. The second-order valence-electron chi connectivity index (χ2n) is 4.84. The normalized spacial score (nSPS) is 23.2. The zero-order valence-corrected chi connectivity index (χ0v) is 10.1. The van der Waals surface area contributed by atoms with Crippen LogP contribution in [0.1, 0.15) is 25.7 Å². The third-order valence-corrected chi connectivity index (χ3v) is 3.03. The summed E-state index contributed by atoms with van der Waals surface area (Å²) in [4.78, 5) is 0. The minimum Gasteiger partial charge on any atom is -0.131 e. The Kier molecular flexibility index (Phi) is 3.81. The first-order valence-electron chi connectivity index (χ1n) is 5.27. The molecular weight excluding hydrogens is 172 g/mol. The zero-order chi connectivity index (χ0) is 9.73. The fourth-order valence-corrected chi connectivity index (χ4v) is 2.03. The molecular formula is C12H20Si. The molecule has 1 heteroatoms. The van der Waals surface area contributed by atoms with E-state index in [2.05, 4.69) is 43.3 Å². The van der Waals surface area contributed by atoms with Crippen LogP contribution in [0.4, 0.5) is 0 Å². The smallest absolute Gasteiger partial charge is 0.129 e. The predicted octanol–water partition coefficient (Wildman–Crippen LogP) is 3.61. The van der Waals surface area contributed by atoms with Crippen molar-refractivity contribution in [1.29, 1.82) is 0 Å². The summed E-state index contributed by atoms with van der Waals surface area (Å²) in [6.07, 6.45) is 9.83. The number of allylic oxidation sites excluding steroid dienone is 2. The molecule has 0 N–H and O–H groups in total. The SMILES string of the molecule is C[Si](C)(C)C#C[C@H]1C=CCCCC1. The van der Waals surface area contributed by atoms with Crippen LogP contribution in [0.25, 0.3) is 0 Å². The van der Waals surface area contributed by atoms with Gasteiger partial charge in [0.2, 0.25) is 0 Å². The Morgan fingerprint density at radius 1 is 1.23 bits per heavy atom. The second kappa shape index (κ2) is 4.67. The lowest BCUT2D eigenvalue weighted by molar-refractivity contribution is 0.658. The van der Waals surface area contributed by atoms with Crippen LogP contribution in [-0.2, 0) is 0 Å². The van der Waals surface area contributed by atoms with Crippen LogP contribution in [0.5, 0.6) is 0 Å². The molecule has 0 bridgehead atoms. The van der Waals surface area contributed by atoms with Crippen LogP contribution in [0.3, 0.4) is 0 Å². The summed E-state index contributed by atoms with van der Waals surface area (Å²) >= 11 is 0. The van der Waals surface area contributed by atoms with Crippen LogP contribution in [-0.4, -0.2) is 8.07 Å². The summed E-state index contributed by atoms with van der Waals surface area (Å²) in [5.41, 5.74) is 3.46. The maximum Gasteiger partial charge on any atom is 0.129 e. The molecule has 0 unspecified atom stereocenters. The average molecular weight is 192 g/mol. The lowest BCUT2D eigenvalue weighted by Gasteiger charge is -2.06. The van der Waals surface area contributed by atoms with Gasteiger partial charge in [0.05, 0.1) is 0 Å². The molecule has 1 aliphatic carbocycles. The fraction of sp³-hybridized carbons (Fsp3) is 0.667. The van der Waals surface area contributed by atoms with Gasteiger partial charge in [0.1, 0.15) is 8.07 Å². The van der Waals surface area contributed by atoms with Gasteiger partial charge in [-0.25, -0.2) is 0 Å². The summed E-state index contributed by atoms with van der Waals surface area (Å²) in [5, 5.41) is 0. The molecule has 0 nitrogen and oxygen atoms in total. The number of hydrogen-bond acceptors (Lipinski definition) is 0. The maximum atomic E-state index is 3.46. The van der Waals surface area contributed by atoms with Crippen molar-refractivity contribution in [3.8, 4) is 11.5 Å². The molecule has 0 saturated heterocycles. The van der Waals surface area contributed by atoms with Crippen LogP contribution >= 0.6 is 0 Å². The monoisotopic (exact) mass is 192 g/mol. The highest BCUT2D eigenvalue weighted by molar-refractivity contribution is 6.83. The van der Waals surface area contributed by atoms with Crippen molar-refractivity contribution in [3.63, 3.8) is 0 Å². The third kappa shape index (κ3) is 4.95. The van der Waals surface area contributed by atoms with E-state index in [1.165, 1.54) is 25.7 Å². The number of hydrogen-bond donors (Lipinski definition) is 0. The van der Waals surface area contributed by atoms with Crippen molar-refractivity contribution >= 4 is 8.07 Å². The van der Waals surface area contributed by atoms with Gasteiger partial charge in [-0.3, -0.25) is 0 Å². The van der Waals surface area contributed by atoms with Gasteiger partial charge in [-0.05, 0) is 19.3 Å². The van der Waals surface area contributed by atoms with E-state index in [-0.39, 0.29) is 0 Å². The van der Waals surface area contributed by atoms with E-state index in [1.54, 1.807) is 0 Å². The van der Waals surface area contributed by atoms with Gasteiger partial charge in [-0.15, -0.1) is 11.5 Å². The standard InChI is InChI=1S/C12H20Si/c1-13(2,3)11-10-12-8-6-4-5-7-9-12/h6,8,12H,4-5,7,9H2,1-3H3/t12-/m0/s1. The lowest BCUT2D eigenvalue weighted by atomic mass is 10.1. The van der Waals surface area contributed by atoms with Crippen LogP contribution in [0.2, 0.25) is 19.6 Å². The molecule has 0 aromatic carbocycles. The third-order valence-electron chi connectivity index (χ3n) is 2.14. The minimum absolute atomic E-state index is 0.550. The van der Waals surface area contributed by atoms with Crippen molar-refractivity contribution in [1.82, 2.24) is 0 Å². The average Bonchev–Trinajstić information content (AvgIpc) is 2.26. The molecule has 13 heavy (non-hydrogen) atoms. The fourth-order valence-electron chi connectivity index (χ4n) is 1.41. The van der Waals surface area contributed by atoms with Gasteiger partial charge in [-0.2, -0.15) is 0 Å². The van der Waals surface area contributed by atoms with Crippen LogP contribution in [0.15, 0.2) is 12.2 Å². The van der Waals surface area contributed by atoms with E-state index in [9.17, 15) is 0 Å². The summed E-state index contributed by atoms with van der Waals surface area (Å²) in [6.45, 7) is 6.92. The molecule has 1 rings (SSSR count). The summed E-state index contributed by atoms with van der Waals surface area (Å²) in [5.74, 6) is 3.98. The van der Waals surface area contributed by atoms with Gasteiger partial charge in [0.25, 0.3) is 0 Å². The molecule has 1 atom stereocenters. The molecule has 0 radical (unpaired) electrons. The Balaban J connectivity index is 2.54. The van der Waals surface area contributed by atoms with Crippen LogP contribution in [0, 0.1) is 17.4 Å². The minimum atomic E-state index is -1.15. The van der Waals surface area contributed by atoms with E-state index in [1.807, 2.05) is 0 Å². The molecule has 1 aliphatic rings. The highest BCUT2D eigenvalue weighted by Crippen LogP contribution is 2.16. The van der Waals surface area contributed by atoms with Crippen LogP contribution < -0.4 is 0 Å². The van der Waals surface area contributed by atoms with Crippen molar-refractivity contribution in [2.45, 2.75) is 45.3 Å². The quantitative estimate of drug-likeness (QED) is 0.312. The molecule has 0 aromatic rings. The maximum absolute atomic E-state index is 3.46. The molecule has 0 fully saturated rings. The summed E-state index contributed by atoms with van der Waals surface area (Å²) in [6, 6.07) is 0. The summed E-state index contributed by atoms with van der Waals surface area (Å²) in [7, 11) is -1.15. The van der Waals surface area contributed by atoms with Crippen molar-refractivity contribution in [2.75, 3.05) is 0 Å². The van der Waals surface area contributed by atoms with Crippen molar-refractivity contribution < 1.29 is 0 Å². The first kappa shape index (κ1) is 10.6. The summed E-state index contributed by atoms with van der Waals surface area (Å²) < 4.78 is 0. The molecule has 0 aliphatic heterocycles. The Morgan fingerprint density at radius 3 is 2.69 bits per heavy atom. The van der Waals surface area contributed by atoms with Gasteiger partial charge in [0, 0.05) is 5.92 Å². The van der Waals surface area contributed by atoms with Gasteiger partial charge >= 0.3 is 0 Å². The Hall–Kier alpha value is -0.483. The second-order valence-corrected chi connectivity index (χ2v) is 9.59. The Labute approximate surface area is 83.4 Å².